The molecule has 1 N–H and O–H groups in total. The lowest BCUT2D eigenvalue weighted by molar-refractivity contribution is 0.0697. The fraction of sp³-hybridized carbons (Fsp3) is 0. The van der Waals surface area contributed by atoms with E-state index in [9.17, 15) is 4.79 Å². The molecule has 2 heterocycles. The Kier molecular flexibility index (Phi) is 2.73. The number of hydrogen-bond donors (Lipinski definition) is 1. The molecule has 2 aromatic rings. The van der Waals surface area contributed by atoms with E-state index in [1.807, 2.05) is 6.07 Å². The number of aromatic carboxylic acids is 1. The first kappa shape index (κ1) is 11.3. The predicted molar refractivity (Wildman–Crippen MR) is 57.7 cm³/mol. The lowest BCUT2D eigenvalue weighted by Gasteiger charge is -2.06. The van der Waals surface area contributed by atoms with Crippen molar-refractivity contribution < 1.29 is 9.90 Å². The number of hydrogen-bond acceptors (Lipinski definition) is 5. The van der Waals surface area contributed by atoms with Gasteiger partial charge >= 0.3 is 5.97 Å². The van der Waals surface area contributed by atoms with Crippen molar-refractivity contribution >= 4 is 5.97 Å². The summed E-state index contributed by atoms with van der Waals surface area (Å²) in [6, 6.07) is 4.89. The average Bonchev–Trinajstić information content (AvgIpc) is 2.81. The highest BCUT2D eigenvalue weighted by molar-refractivity contribution is 5.91. The summed E-state index contributed by atoms with van der Waals surface area (Å²) in [7, 11) is 0. The molecule has 0 aliphatic heterocycles. The molecule has 0 aliphatic carbocycles. The Hall–Kier alpha value is -3.19. The zero-order chi connectivity index (χ0) is 13.1. The van der Waals surface area contributed by atoms with Crippen molar-refractivity contribution in [1.29, 1.82) is 10.5 Å². The molecule has 7 nitrogen and oxygen atoms in total. The van der Waals surface area contributed by atoms with Gasteiger partial charge in [-0.1, -0.05) is 0 Å². The van der Waals surface area contributed by atoms with E-state index in [2.05, 4.69) is 9.97 Å². The Labute approximate surface area is 101 Å². The largest absolute Gasteiger partial charge is 0.478 e. The fourth-order valence-corrected chi connectivity index (χ4v) is 1.48. The second-order valence-corrected chi connectivity index (χ2v) is 3.23. The van der Waals surface area contributed by atoms with Gasteiger partial charge in [-0.2, -0.15) is 10.5 Å². The zero-order valence-corrected chi connectivity index (χ0v) is 8.90. The molecule has 0 fully saturated rings. The number of pyridine rings is 1. The highest BCUT2D eigenvalue weighted by Gasteiger charge is 2.17. The summed E-state index contributed by atoms with van der Waals surface area (Å²) < 4.78 is 1.23. The second kappa shape index (κ2) is 4.36. The maximum Gasteiger partial charge on any atom is 0.337 e. The Morgan fingerprint density at radius 1 is 1.39 bits per heavy atom. The molecule has 86 valence electrons. The molecule has 0 aliphatic rings. The molecule has 0 atom stereocenters. The Bertz CT molecular complexity index is 705. The molecule has 18 heavy (non-hydrogen) atoms. The van der Waals surface area contributed by atoms with E-state index in [0.29, 0.717) is 0 Å². The van der Waals surface area contributed by atoms with Crippen LogP contribution >= 0.6 is 0 Å². The number of nitrogens with zero attached hydrogens (tertiary/aromatic N) is 5. The summed E-state index contributed by atoms with van der Waals surface area (Å²) in [5.41, 5.74) is 0.0876. The molecule has 0 spiro atoms. The topological polar surface area (TPSA) is 116 Å². The van der Waals surface area contributed by atoms with Gasteiger partial charge in [0.2, 0.25) is 0 Å². The van der Waals surface area contributed by atoms with Crippen LogP contribution in [-0.4, -0.2) is 25.6 Å². The number of carboxylic acid groups (broad SMARTS) is 1. The Morgan fingerprint density at radius 3 is 2.78 bits per heavy atom. The van der Waals surface area contributed by atoms with Crippen LogP contribution in [0.1, 0.15) is 21.7 Å². The zero-order valence-electron chi connectivity index (χ0n) is 8.90. The monoisotopic (exact) mass is 239 g/mol. The number of carboxylic acids is 1. The standard InChI is InChI=1S/C11H5N5O2/c12-3-8-9(4-13)16(6-15-8)10-5-14-2-1-7(10)11(17)18/h1-2,5-6H,(H,17,18). The molecule has 0 saturated carbocycles. The van der Waals surface area contributed by atoms with Crippen molar-refractivity contribution in [1.82, 2.24) is 14.5 Å². The van der Waals surface area contributed by atoms with Crippen molar-refractivity contribution in [3.63, 3.8) is 0 Å². The molecule has 0 amide bonds. The molecule has 0 unspecified atom stereocenters. The quantitative estimate of drug-likeness (QED) is 0.824. The number of carbonyl (C=O) groups is 1. The molecule has 0 aromatic carbocycles. The van der Waals surface area contributed by atoms with E-state index >= 15 is 0 Å². The summed E-state index contributed by atoms with van der Waals surface area (Å²) in [5.74, 6) is -1.15. The average molecular weight is 239 g/mol. The van der Waals surface area contributed by atoms with Crippen molar-refractivity contribution in [2.45, 2.75) is 0 Å². The predicted octanol–water partition coefficient (Wildman–Crippen LogP) is 0.709. The maximum atomic E-state index is 11.1. The highest BCUT2D eigenvalue weighted by Crippen LogP contribution is 2.17. The normalized spacial score (nSPS) is 9.44. The van der Waals surface area contributed by atoms with Crippen LogP contribution in [0.4, 0.5) is 0 Å². The molecule has 0 bridgehead atoms. The molecular weight excluding hydrogens is 234 g/mol. The van der Waals surface area contributed by atoms with Crippen LogP contribution in [0.25, 0.3) is 5.69 Å². The first-order chi connectivity index (χ1) is 8.69. The smallest absolute Gasteiger partial charge is 0.337 e. The van der Waals surface area contributed by atoms with Gasteiger partial charge in [0.25, 0.3) is 0 Å². The van der Waals surface area contributed by atoms with Crippen LogP contribution in [0, 0.1) is 22.7 Å². The number of imidazole rings is 1. The van der Waals surface area contributed by atoms with Gasteiger partial charge in [0.05, 0.1) is 17.4 Å². The Balaban J connectivity index is 2.72. The van der Waals surface area contributed by atoms with E-state index in [1.165, 1.54) is 29.4 Å². The third kappa shape index (κ3) is 1.66. The number of nitriles is 2. The van der Waals surface area contributed by atoms with E-state index in [1.54, 1.807) is 6.07 Å². The van der Waals surface area contributed by atoms with Gasteiger partial charge in [-0.15, -0.1) is 0 Å². The van der Waals surface area contributed by atoms with Crippen LogP contribution in [0.5, 0.6) is 0 Å². The summed E-state index contributed by atoms with van der Waals surface area (Å²) >= 11 is 0. The molecule has 0 saturated heterocycles. The summed E-state index contributed by atoms with van der Waals surface area (Å²) in [4.78, 5) is 18.6. The molecule has 2 rings (SSSR count). The molecule has 7 heteroatoms. The molecule has 2 aromatic heterocycles. The highest BCUT2D eigenvalue weighted by atomic mass is 16.4. The van der Waals surface area contributed by atoms with Crippen molar-refractivity contribution in [2.75, 3.05) is 0 Å². The first-order valence-corrected chi connectivity index (χ1v) is 4.74. The first-order valence-electron chi connectivity index (χ1n) is 4.74. The lowest BCUT2D eigenvalue weighted by Crippen LogP contribution is -2.06. The van der Waals surface area contributed by atoms with Crippen molar-refractivity contribution in [3.05, 3.63) is 41.7 Å². The second-order valence-electron chi connectivity index (χ2n) is 3.23. The van der Waals surface area contributed by atoms with Crippen LogP contribution in [0.3, 0.4) is 0 Å². The SMILES string of the molecule is N#Cc1ncn(-c2cnccc2C(=O)O)c1C#N. The van der Waals surface area contributed by atoms with E-state index in [-0.39, 0.29) is 22.6 Å². The van der Waals surface area contributed by atoms with Gasteiger partial charge in [0.15, 0.2) is 11.4 Å². The van der Waals surface area contributed by atoms with Crippen LogP contribution < -0.4 is 0 Å². The van der Waals surface area contributed by atoms with Crippen LogP contribution in [-0.2, 0) is 0 Å². The lowest BCUT2D eigenvalue weighted by atomic mass is 10.2. The van der Waals surface area contributed by atoms with E-state index in [4.69, 9.17) is 15.6 Å². The van der Waals surface area contributed by atoms with E-state index in [0.717, 1.165) is 0 Å². The minimum atomic E-state index is -1.15. The minimum Gasteiger partial charge on any atom is -0.478 e. The third-order valence-corrected chi connectivity index (χ3v) is 2.27. The summed E-state index contributed by atoms with van der Waals surface area (Å²) in [6.07, 6.45) is 3.86. The van der Waals surface area contributed by atoms with Gasteiger partial charge in [-0.3, -0.25) is 9.55 Å². The summed E-state index contributed by atoms with van der Waals surface area (Å²) in [5, 5.41) is 26.8. The molecular formula is C11H5N5O2. The maximum absolute atomic E-state index is 11.1. The Morgan fingerprint density at radius 2 is 2.17 bits per heavy atom. The van der Waals surface area contributed by atoms with Gasteiger partial charge < -0.3 is 5.11 Å². The van der Waals surface area contributed by atoms with Crippen molar-refractivity contribution in [2.24, 2.45) is 0 Å². The van der Waals surface area contributed by atoms with Gasteiger partial charge in [-0.05, 0) is 6.07 Å². The van der Waals surface area contributed by atoms with E-state index < -0.39 is 5.97 Å². The third-order valence-electron chi connectivity index (χ3n) is 2.27. The van der Waals surface area contributed by atoms with Gasteiger partial charge in [0, 0.05) is 6.20 Å². The van der Waals surface area contributed by atoms with Gasteiger partial charge in [-0.25, -0.2) is 9.78 Å². The molecule has 0 radical (unpaired) electrons. The minimum absolute atomic E-state index is 0.0204. The summed E-state index contributed by atoms with van der Waals surface area (Å²) in [6.45, 7) is 0. The van der Waals surface area contributed by atoms with Gasteiger partial charge in [0.1, 0.15) is 18.5 Å². The van der Waals surface area contributed by atoms with Crippen molar-refractivity contribution in [3.8, 4) is 17.8 Å². The van der Waals surface area contributed by atoms with Crippen LogP contribution in [0.2, 0.25) is 0 Å². The number of rotatable bonds is 2. The fourth-order valence-electron chi connectivity index (χ4n) is 1.48. The van der Waals surface area contributed by atoms with Crippen LogP contribution in [0.15, 0.2) is 24.8 Å². The number of aromatic nitrogens is 3.